The van der Waals surface area contributed by atoms with Crippen molar-refractivity contribution in [1.29, 1.82) is 0 Å². The maximum atomic E-state index is 5.43. The van der Waals surface area contributed by atoms with Crippen molar-refractivity contribution in [3.63, 3.8) is 0 Å². The summed E-state index contributed by atoms with van der Waals surface area (Å²) in [6, 6.07) is 5.84. The van der Waals surface area contributed by atoms with E-state index in [2.05, 4.69) is 25.6 Å². The number of nitrogens with zero attached hydrogens (tertiary/aromatic N) is 3. The number of hydrogen-bond acceptors (Lipinski definition) is 5. The molecule has 2 aromatic rings. The monoisotopic (exact) mass is 362 g/mol. The molecule has 0 saturated carbocycles. The van der Waals surface area contributed by atoms with Crippen LogP contribution >= 0.6 is 11.3 Å². The Bertz CT molecular complexity index is 715. The quantitative estimate of drug-likeness (QED) is 0.606. The summed E-state index contributed by atoms with van der Waals surface area (Å²) >= 11 is 1.66. The molecule has 0 unspecified atom stereocenters. The molecule has 7 heteroatoms. The molecule has 0 aliphatic rings. The molecule has 0 atom stereocenters. The fourth-order valence-electron chi connectivity index (χ4n) is 2.57. The number of aromatic nitrogens is 1. The molecular formula is C18H26N4O2S. The van der Waals surface area contributed by atoms with Gasteiger partial charge in [-0.3, -0.25) is 4.99 Å². The molecule has 0 saturated heterocycles. The third-order valence-corrected chi connectivity index (χ3v) is 4.63. The molecule has 1 heterocycles. The van der Waals surface area contributed by atoms with Gasteiger partial charge in [0.05, 0.1) is 31.5 Å². The number of benzene rings is 1. The van der Waals surface area contributed by atoms with Crippen LogP contribution in [0.25, 0.3) is 0 Å². The van der Waals surface area contributed by atoms with Crippen LogP contribution in [0.15, 0.2) is 28.6 Å². The molecule has 0 amide bonds. The molecule has 0 radical (unpaired) electrons. The summed E-state index contributed by atoms with van der Waals surface area (Å²) in [5.41, 5.74) is 2.16. The maximum absolute atomic E-state index is 5.43. The van der Waals surface area contributed by atoms with E-state index in [1.165, 1.54) is 0 Å². The summed E-state index contributed by atoms with van der Waals surface area (Å²) in [6.07, 6.45) is 0.809. The Morgan fingerprint density at radius 3 is 2.72 bits per heavy atom. The maximum Gasteiger partial charge on any atom is 0.193 e. The Morgan fingerprint density at radius 1 is 1.32 bits per heavy atom. The minimum Gasteiger partial charge on any atom is -0.497 e. The van der Waals surface area contributed by atoms with E-state index in [-0.39, 0.29) is 0 Å². The Balaban J connectivity index is 1.92. The number of rotatable bonds is 7. The lowest BCUT2D eigenvalue weighted by atomic mass is 10.1. The zero-order valence-electron chi connectivity index (χ0n) is 15.5. The average molecular weight is 362 g/mol. The molecule has 0 bridgehead atoms. The second kappa shape index (κ2) is 9.27. The SMILES string of the molecule is CN=C(NCCc1cc(OC)ccc1OC)N(C)Cc1csc(C)n1. The van der Waals surface area contributed by atoms with Crippen LogP contribution in [0.3, 0.4) is 0 Å². The lowest BCUT2D eigenvalue weighted by molar-refractivity contribution is 0.398. The topological polar surface area (TPSA) is 59.0 Å². The summed E-state index contributed by atoms with van der Waals surface area (Å²) in [4.78, 5) is 10.9. The van der Waals surface area contributed by atoms with Crippen LogP contribution in [-0.4, -0.2) is 50.7 Å². The van der Waals surface area contributed by atoms with E-state index in [1.807, 2.05) is 32.2 Å². The zero-order chi connectivity index (χ0) is 18.2. The number of nitrogens with one attached hydrogen (secondary N) is 1. The highest BCUT2D eigenvalue weighted by Crippen LogP contribution is 2.24. The molecule has 1 aromatic carbocycles. The van der Waals surface area contributed by atoms with E-state index >= 15 is 0 Å². The minimum atomic E-state index is 0.729. The van der Waals surface area contributed by atoms with Crippen molar-refractivity contribution in [3.05, 3.63) is 39.8 Å². The van der Waals surface area contributed by atoms with Gasteiger partial charge < -0.3 is 19.7 Å². The third-order valence-electron chi connectivity index (χ3n) is 3.80. The second-order valence-electron chi connectivity index (χ2n) is 5.62. The largest absolute Gasteiger partial charge is 0.497 e. The summed E-state index contributed by atoms with van der Waals surface area (Å²) in [5.74, 6) is 2.53. The van der Waals surface area contributed by atoms with Crippen LogP contribution in [-0.2, 0) is 13.0 Å². The summed E-state index contributed by atoms with van der Waals surface area (Å²) in [6.45, 7) is 3.49. The van der Waals surface area contributed by atoms with E-state index in [1.54, 1.807) is 32.6 Å². The number of aliphatic imine (C=N–C) groups is 1. The van der Waals surface area contributed by atoms with Gasteiger partial charge >= 0.3 is 0 Å². The second-order valence-corrected chi connectivity index (χ2v) is 6.68. The molecule has 1 N–H and O–H groups in total. The third kappa shape index (κ3) is 5.35. The molecule has 1 aromatic heterocycles. The standard InChI is InChI=1S/C18H26N4O2S/c1-13-21-15(12-25-13)11-22(3)18(19-2)20-9-8-14-10-16(23-4)6-7-17(14)24-5/h6-7,10,12H,8-9,11H2,1-5H3,(H,19,20). The van der Waals surface area contributed by atoms with E-state index in [0.717, 1.165) is 53.2 Å². The van der Waals surface area contributed by atoms with Gasteiger partial charge in [0, 0.05) is 26.0 Å². The van der Waals surface area contributed by atoms with E-state index in [9.17, 15) is 0 Å². The number of methoxy groups -OCH3 is 2. The first-order valence-corrected chi connectivity index (χ1v) is 8.99. The molecule has 2 rings (SSSR count). The van der Waals surface area contributed by atoms with Crippen molar-refractivity contribution in [2.75, 3.05) is 34.9 Å². The van der Waals surface area contributed by atoms with Crippen LogP contribution in [0.4, 0.5) is 0 Å². The minimum absolute atomic E-state index is 0.729. The van der Waals surface area contributed by atoms with Crippen molar-refractivity contribution in [3.8, 4) is 11.5 Å². The Hall–Kier alpha value is -2.28. The van der Waals surface area contributed by atoms with Crippen molar-refractivity contribution < 1.29 is 9.47 Å². The van der Waals surface area contributed by atoms with Gasteiger partial charge in [-0.25, -0.2) is 4.98 Å². The van der Waals surface area contributed by atoms with Crippen molar-refractivity contribution in [1.82, 2.24) is 15.2 Å². The van der Waals surface area contributed by atoms with Crippen LogP contribution in [0.1, 0.15) is 16.3 Å². The van der Waals surface area contributed by atoms with Crippen molar-refractivity contribution in [2.45, 2.75) is 19.9 Å². The Kier molecular flexibility index (Phi) is 7.06. The lowest BCUT2D eigenvalue weighted by Crippen LogP contribution is -2.39. The summed E-state index contributed by atoms with van der Waals surface area (Å²) in [7, 11) is 7.15. The predicted molar refractivity (Wildman–Crippen MR) is 103 cm³/mol. The van der Waals surface area contributed by atoms with E-state index in [0.29, 0.717) is 0 Å². The Labute approximate surface area is 153 Å². The lowest BCUT2D eigenvalue weighted by Gasteiger charge is -2.21. The van der Waals surface area contributed by atoms with Gasteiger partial charge in [-0.05, 0) is 37.1 Å². The first-order valence-electron chi connectivity index (χ1n) is 8.11. The van der Waals surface area contributed by atoms with Gasteiger partial charge in [-0.2, -0.15) is 0 Å². The van der Waals surface area contributed by atoms with Gasteiger partial charge in [0.15, 0.2) is 5.96 Å². The normalized spacial score (nSPS) is 11.3. The average Bonchev–Trinajstić information content (AvgIpc) is 3.03. The smallest absolute Gasteiger partial charge is 0.193 e. The number of ether oxygens (including phenoxy) is 2. The fraction of sp³-hybridized carbons (Fsp3) is 0.444. The molecule has 0 aliphatic carbocycles. The number of hydrogen-bond donors (Lipinski definition) is 1. The fourth-order valence-corrected chi connectivity index (χ4v) is 3.17. The van der Waals surface area contributed by atoms with Crippen molar-refractivity contribution in [2.24, 2.45) is 4.99 Å². The van der Waals surface area contributed by atoms with Crippen LogP contribution in [0.2, 0.25) is 0 Å². The van der Waals surface area contributed by atoms with E-state index < -0.39 is 0 Å². The zero-order valence-corrected chi connectivity index (χ0v) is 16.3. The molecular weight excluding hydrogens is 336 g/mol. The highest BCUT2D eigenvalue weighted by atomic mass is 32.1. The first-order chi connectivity index (χ1) is 12.1. The number of thiazole rings is 1. The highest BCUT2D eigenvalue weighted by molar-refractivity contribution is 7.09. The van der Waals surface area contributed by atoms with Crippen LogP contribution in [0.5, 0.6) is 11.5 Å². The molecule has 136 valence electrons. The van der Waals surface area contributed by atoms with Gasteiger partial charge in [0.2, 0.25) is 0 Å². The molecule has 0 fully saturated rings. The Morgan fingerprint density at radius 2 is 2.12 bits per heavy atom. The predicted octanol–water partition coefficient (Wildman–Crippen LogP) is 2.72. The van der Waals surface area contributed by atoms with Gasteiger partial charge in [0.1, 0.15) is 11.5 Å². The number of guanidine groups is 1. The number of aryl methyl sites for hydroxylation is 1. The molecule has 0 aliphatic heterocycles. The van der Waals surface area contributed by atoms with E-state index in [4.69, 9.17) is 9.47 Å². The van der Waals surface area contributed by atoms with Gasteiger partial charge in [-0.15, -0.1) is 11.3 Å². The van der Waals surface area contributed by atoms with Gasteiger partial charge in [0.25, 0.3) is 0 Å². The van der Waals surface area contributed by atoms with Crippen molar-refractivity contribution >= 4 is 17.3 Å². The summed E-state index contributed by atoms with van der Waals surface area (Å²) in [5, 5.41) is 6.55. The van der Waals surface area contributed by atoms with Crippen LogP contribution < -0.4 is 14.8 Å². The summed E-state index contributed by atoms with van der Waals surface area (Å²) < 4.78 is 10.7. The first kappa shape index (κ1) is 19.1. The molecule has 0 spiro atoms. The molecule has 25 heavy (non-hydrogen) atoms. The van der Waals surface area contributed by atoms with Crippen LogP contribution in [0, 0.1) is 6.92 Å². The van der Waals surface area contributed by atoms with Gasteiger partial charge in [-0.1, -0.05) is 0 Å². The highest BCUT2D eigenvalue weighted by Gasteiger charge is 2.10. The molecule has 6 nitrogen and oxygen atoms in total.